The molecule has 0 bridgehead atoms. The fourth-order valence-electron chi connectivity index (χ4n) is 2.14. The molecular weight excluding hydrogens is 240 g/mol. The van der Waals surface area contributed by atoms with Gasteiger partial charge in [-0.1, -0.05) is 23.8 Å². The summed E-state index contributed by atoms with van der Waals surface area (Å²) in [5.41, 5.74) is 0.518. The molecule has 1 aliphatic rings. The fourth-order valence-corrected chi connectivity index (χ4v) is 2.31. The quantitative estimate of drug-likeness (QED) is 0.618. The maximum Gasteiger partial charge on any atom is 0.165 e. The van der Waals surface area contributed by atoms with Crippen molar-refractivity contribution in [3.63, 3.8) is 0 Å². The lowest BCUT2D eigenvalue weighted by Crippen LogP contribution is -2.19. The van der Waals surface area contributed by atoms with Crippen LogP contribution in [0.3, 0.4) is 0 Å². The Morgan fingerprint density at radius 2 is 2.29 bits per heavy atom. The fraction of sp³-hybridized carbons (Fsp3) is 0.364. The third-order valence-corrected chi connectivity index (χ3v) is 3.25. The molecule has 0 aliphatic heterocycles. The van der Waals surface area contributed by atoms with Crippen molar-refractivity contribution in [1.29, 1.82) is 0 Å². The van der Waals surface area contributed by atoms with E-state index in [1.54, 1.807) is 19.3 Å². The molecule has 1 aliphatic carbocycles. The predicted octanol–water partition coefficient (Wildman–Crippen LogP) is 1.73. The van der Waals surface area contributed by atoms with Gasteiger partial charge in [-0.15, -0.1) is 0 Å². The van der Waals surface area contributed by atoms with Gasteiger partial charge in [0.05, 0.1) is 18.0 Å². The highest BCUT2D eigenvalue weighted by molar-refractivity contribution is 6.33. The summed E-state index contributed by atoms with van der Waals surface area (Å²) in [6.07, 6.45) is 7.46. The van der Waals surface area contributed by atoms with Crippen LogP contribution in [-0.2, 0) is 0 Å². The lowest BCUT2D eigenvalue weighted by molar-refractivity contribution is 0.103. The minimum atomic E-state index is -0.766. The first-order valence-electron chi connectivity index (χ1n) is 5.32. The zero-order chi connectivity index (χ0) is 12.0. The second kappa shape index (κ2) is 3.51. The van der Waals surface area contributed by atoms with Gasteiger partial charge in [0.2, 0.25) is 0 Å². The Balaban J connectivity index is 2.08. The maximum atomic E-state index is 9.91. The molecule has 0 saturated heterocycles. The highest BCUT2D eigenvalue weighted by Crippen LogP contribution is 2.32. The number of hydrogen-bond donors (Lipinski definition) is 1. The third-order valence-electron chi connectivity index (χ3n) is 2.97. The van der Waals surface area contributed by atoms with Crippen LogP contribution in [0.2, 0.25) is 5.15 Å². The summed E-state index contributed by atoms with van der Waals surface area (Å²) in [5, 5.41) is 10.3. The van der Waals surface area contributed by atoms with Crippen LogP contribution in [0.1, 0.15) is 19.4 Å². The SMILES string of the molecule is C[C@@]1(O)C=C[C@H](n2cnc3c(Cl)ncnc32)C1. The van der Waals surface area contributed by atoms with E-state index >= 15 is 0 Å². The van der Waals surface area contributed by atoms with Gasteiger partial charge in [-0.05, 0) is 6.92 Å². The summed E-state index contributed by atoms with van der Waals surface area (Å²) in [6.45, 7) is 1.78. The molecular formula is C11H11ClN4O. The van der Waals surface area contributed by atoms with Crippen molar-refractivity contribution in [3.8, 4) is 0 Å². The van der Waals surface area contributed by atoms with E-state index in [1.807, 2.05) is 10.6 Å². The Kier molecular flexibility index (Phi) is 2.21. The first kappa shape index (κ1) is 10.7. The monoisotopic (exact) mass is 250 g/mol. The highest BCUT2D eigenvalue weighted by atomic mass is 35.5. The number of imidazole rings is 1. The first-order chi connectivity index (χ1) is 8.07. The van der Waals surface area contributed by atoms with Crippen molar-refractivity contribution in [1.82, 2.24) is 19.5 Å². The summed E-state index contributed by atoms with van der Waals surface area (Å²) in [5.74, 6) is 0. The average Bonchev–Trinajstić information content (AvgIpc) is 2.82. The Labute approximate surface area is 103 Å². The number of halogens is 1. The van der Waals surface area contributed by atoms with Gasteiger partial charge in [-0.2, -0.15) is 0 Å². The summed E-state index contributed by atoms with van der Waals surface area (Å²) in [6, 6.07) is 0.0565. The number of nitrogens with zero attached hydrogens (tertiary/aromatic N) is 4. The largest absolute Gasteiger partial charge is 0.386 e. The third kappa shape index (κ3) is 1.71. The van der Waals surface area contributed by atoms with Crippen LogP contribution in [0.25, 0.3) is 11.2 Å². The van der Waals surface area contributed by atoms with Crippen molar-refractivity contribution < 1.29 is 5.11 Å². The van der Waals surface area contributed by atoms with Crippen LogP contribution in [0.5, 0.6) is 0 Å². The Morgan fingerprint density at radius 1 is 1.47 bits per heavy atom. The van der Waals surface area contributed by atoms with Crippen LogP contribution in [-0.4, -0.2) is 30.2 Å². The zero-order valence-electron chi connectivity index (χ0n) is 9.21. The van der Waals surface area contributed by atoms with Crippen molar-refractivity contribution in [2.24, 2.45) is 0 Å². The lowest BCUT2D eigenvalue weighted by Gasteiger charge is -2.17. The van der Waals surface area contributed by atoms with Crippen molar-refractivity contribution in [2.45, 2.75) is 25.0 Å². The molecule has 0 spiro atoms. The van der Waals surface area contributed by atoms with Crippen LogP contribution < -0.4 is 0 Å². The van der Waals surface area contributed by atoms with Gasteiger partial charge in [0.25, 0.3) is 0 Å². The van der Waals surface area contributed by atoms with E-state index in [1.165, 1.54) is 6.33 Å². The molecule has 17 heavy (non-hydrogen) atoms. The summed E-state index contributed by atoms with van der Waals surface area (Å²) >= 11 is 5.94. The van der Waals surface area contributed by atoms with E-state index in [0.717, 1.165) is 0 Å². The van der Waals surface area contributed by atoms with Gasteiger partial charge < -0.3 is 9.67 Å². The molecule has 2 aromatic heterocycles. The minimum absolute atomic E-state index is 0.0565. The van der Waals surface area contributed by atoms with Crippen LogP contribution in [0.4, 0.5) is 0 Å². The van der Waals surface area contributed by atoms with E-state index in [2.05, 4.69) is 15.0 Å². The molecule has 0 unspecified atom stereocenters. The van der Waals surface area contributed by atoms with Crippen LogP contribution in [0, 0.1) is 0 Å². The molecule has 2 atom stereocenters. The lowest BCUT2D eigenvalue weighted by atomic mass is 10.1. The first-order valence-corrected chi connectivity index (χ1v) is 5.69. The zero-order valence-corrected chi connectivity index (χ0v) is 9.96. The molecule has 0 radical (unpaired) electrons. The number of allylic oxidation sites excluding steroid dienone is 1. The summed E-state index contributed by atoms with van der Waals surface area (Å²) in [4.78, 5) is 12.3. The second-order valence-electron chi connectivity index (χ2n) is 4.48. The molecule has 2 aromatic rings. The Hall–Kier alpha value is -1.46. The van der Waals surface area contributed by atoms with Crippen molar-refractivity contribution in [3.05, 3.63) is 30.0 Å². The van der Waals surface area contributed by atoms with Gasteiger partial charge in [0.1, 0.15) is 11.8 Å². The van der Waals surface area contributed by atoms with E-state index in [0.29, 0.717) is 22.7 Å². The number of fused-ring (bicyclic) bond motifs is 1. The Morgan fingerprint density at radius 3 is 3.00 bits per heavy atom. The van der Waals surface area contributed by atoms with Gasteiger partial charge in [-0.25, -0.2) is 15.0 Å². The smallest absolute Gasteiger partial charge is 0.165 e. The number of aliphatic hydroxyl groups is 1. The predicted molar refractivity (Wildman–Crippen MR) is 63.8 cm³/mol. The van der Waals surface area contributed by atoms with E-state index in [9.17, 15) is 5.11 Å². The molecule has 6 heteroatoms. The molecule has 2 heterocycles. The summed E-state index contributed by atoms with van der Waals surface area (Å²) in [7, 11) is 0. The Bertz CT molecular complexity index is 605. The average molecular weight is 251 g/mol. The van der Waals surface area contributed by atoms with Crippen molar-refractivity contribution in [2.75, 3.05) is 0 Å². The topological polar surface area (TPSA) is 63.8 Å². The molecule has 0 aromatic carbocycles. The second-order valence-corrected chi connectivity index (χ2v) is 4.83. The van der Waals surface area contributed by atoms with E-state index in [4.69, 9.17) is 11.6 Å². The maximum absolute atomic E-state index is 9.91. The van der Waals surface area contributed by atoms with Gasteiger partial charge in [0, 0.05) is 6.42 Å². The van der Waals surface area contributed by atoms with Crippen LogP contribution in [0.15, 0.2) is 24.8 Å². The number of aromatic nitrogens is 4. The normalized spacial score (nSPS) is 28.1. The van der Waals surface area contributed by atoms with Gasteiger partial charge in [0.15, 0.2) is 10.8 Å². The van der Waals surface area contributed by atoms with E-state index in [-0.39, 0.29) is 6.04 Å². The molecule has 3 rings (SSSR count). The highest BCUT2D eigenvalue weighted by Gasteiger charge is 2.29. The molecule has 5 nitrogen and oxygen atoms in total. The van der Waals surface area contributed by atoms with Crippen LogP contribution >= 0.6 is 11.6 Å². The molecule has 0 saturated carbocycles. The molecule has 88 valence electrons. The van der Waals surface area contributed by atoms with Gasteiger partial charge in [-0.3, -0.25) is 0 Å². The summed E-state index contributed by atoms with van der Waals surface area (Å²) < 4.78 is 1.90. The molecule has 0 amide bonds. The van der Waals surface area contributed by atoms with Gasteiger partial charge >= 0.3 is 0 Å². The standard InChI is InChI=1S/C11H11ClN4O/c1-11(17)3-2-7(4-11)16-6-15-8-9(12)13-5-14-10(8)16/h2-3,5-7,17H,4H2,1H3/t7-,11+/m0/s1. The van der Waals surface area contributed by atoms with Crippen molar-refractivity contribution >= 4 is 22.8 Å². The number of hydrogen-bond acceptors (Lipinski definition) is 4. The minimum Gasteiger partial charge on any atom is -0.386 e. The van der Waals surface area contributed by atoms with E-state index < -0.39 is 5.60 Å². The number of rotatable bonds is 1. The molecule has 1 N–H and O–H groups in total. The molecule has 0 fully saturated rings.